The van der Waals surface area contributed by atoms with Gasteiger partial charge in [-0.05, 0) is 32.3 Å². The molecule has 3 aromatic rings. The van der Waals surface area contributed by atoms with Crippen LogP contribution in [-0.2, 0) is 4.79 Å². The number of rotatable bonds is 12. The molecular formula is C26H32FN9O2. The molecule has 2 aromatic heterocycles. The summed E-state index contributed by atoms with van der Waals surface area (Å²) < 4.78 is 20.3. The second-order valence-corrected chi connectivity index (χ2v) is 8.56. The quantitative estimate of drug-likeness (QED) is 0.209. The minimum atomic E-state index is -0.644. The molecule has 0 atom stereocenters. The van der Waals surface area contributed by atoms with E-state index in [-0.39, 0.29) is 17.5 Å². The third kappa shape index (κ3) is 6.59. The van der Waals surface area contributed by atoms with Crippen LogP contribution in [0.4, 0.5) is 33.2 Å². The van der Waals surface area contributed by atoms with E-state index >= 15 is 0 Å². The van der Waals surface area contributed by atoms with Gasteiger partial charge in [0.15, 0.2) is 5.82 Å². The number of nitrogens with one attached hydrogen (secondary N) is 4. The molecule has 4 N–H and O–H groups in total. The van der Waals surface area contributed by atoms with Gasteiger partial charge in [0.25, 0.3) is 0 Å². The molecule has 0 aliphatic carbocycles. The molecule has 200 valence electrons. The van der Waals surface area contributed by atoms with Crippen molar-refractivity contribution in [3.63, 3.8) is 0 Å². The summed E-state index contributed by atoms with van der Waals surface area (Å²) in [7, 11) is 9.09. The standard InChI is InChI=1S/C26H32FN9O2/c1-7-23(37)32-19-11-20(22(38-6)12-21(19)36(5)9-8-35(3)4)33-26-31-15-18(27)24(34-26)17-10-16(13-28)25(29-2)30-14-17/h7,10-15,28H,1,8-9H2,2-6H3,(H,29,30)(H,32,37)(H,31,33,34). The summed E-state index contributed by atoms with van der Waals surface area (Å²) >= 11 is 0. The minimum absolute atomic E-state index is 0.0138. The first-order valence-electron chi connectivity index (χ1n) is 11.7. The van der Waals surface area contributed by atoms with Crippen molar-refractivity contribution in [2.24, 2.45) is 0 Å². The predicted molar refractivity (Wildman–Crippen MR) is 150 cm³/mol. The second-order valence-electron chi connectivity index (χ2n) is 8.56. The number of benzene rings is 1. The fourth-order valence-electron chi connectivity index (χ4n) is 3.59. The normalized spacial score (nSPS) is 10.6. The summed E-state index contributed by atoms with van der Waals surface area (Å²) in [5, 5.41) is 16.4. The fourth-order valence-corrected chi connectivity index (χ4v) is 3.59. The Kier molecular flexibility index (Phi) is 9.28. The van der Waals surface area contributed by atoms with E-state index in [1.165, 1.54) is 19.4 Å². The first-order chi connectivity index (χ1) is 18.2. The number of nitrogens with zero attached hydrogens (tertiary/aromatic N) is 5. The number of halogens is 1. The van der Waals surface area contributed by atoms with E-state index in [2.05, 4.69) is 42.4 Å². The average Bonchev–Trinajstić information content (AvgIpc) is 2.92. The maximum atomic E-state index is 14.7. The molecule has 12 heteroatoms. The number of hydrogen-bond acceptors (Lipinski definition) is 10. The molecule has 0 aliphatic heterocycles. The van der Waals surface area contributed by atoms with Gasteiger partial charge in [0.05, 0.1) is 30.4 Å². The molecule has 2 heterocycles. The van der Waals surface area contributed by atoms with Crippen LogP contribution in [-0.4, -0.2) is 80.4 Å². The van der Waals surface area contributed by atoms with Gasteiger partial charge in [-0.1, -0.05) is 6.58 Å². The molecule has 0 fully saturated rings. The van der Waals surface area contributed by atoms with Crippen molar-refractivity contribution in [1.29, 1.82) is 5.41 Å². The Bertz CT molecular complexity index is 1330. The topological polar surface area (TPSA) is 131 Å². The largest absolute Gasteiger partial charge is 0.494 e. The van der Waals surface area contributed by atoms with Gasteiger partial charge in [-0.3, -0.25) is 4.79 Å². The Labute approximate surface area is 221 Å². The molecule has 0 spiro atoms. The number of amides is 1. The van der Waals surface area contributed by atoms with E-state index < -0.39 is 5.82 Å². The van der Waals surface area contributed by atoms with Crippen molar-refractivity contribution >= 4 is 41.0 Å². The molecule has 11 nitrogen and oxygen atoms in total. The van der Waals surface area contributed by atoms with Gasteiger partial charge in [-0.15, -0.1) is 0 Å². The Balaban J connectivity index is 2.03. The Morgan fingerprint density at radius 2 is 1.92 bits per heavy atom. The van der Waals surface area contributed by atoms with Crippen molar-refractivity contribution in [2.75, 3.05) is 69.2 Å². The van der Waals surface area contributed by atoms with E-state index in [9.17, 15) is 9.18 Å². The first kappa shape index (κ1) is 28.0. The number of likely N-dealkylation sites (N-methyl/N-ethyl adjacent to an activating group) is 2. The van der Waals surface area contributed by atoms with Gasteiger partial charge in [0.2, 0.25) is 11.9 Å². The van der Waals surface area contributed by atoms with Gasteiger partial charge in [-0.25, -0.2) is 19.3 Å². The Hall–Kier alpha value is -4.58. The number of carbonyl (C=O) groups excluding carboxylic acids is 1. The number of aromatic nitrogens is 3. The van der Waals surface area contributed by atoms with E-state index in [1.807, 2.05) is 26.0 Å². The Morgan fingerprint density at radius 1 is 1.16 bits per heavy atom. The molecule has 38 heavy (non-hydrogen) atoms. The number of pyridine rings is 1. The summed E-state index contributed by atoms with van der Waals surface area (Å²) in [5.41, 5.74) is 2.59. The molecule has 0 saturated carbocycles. The molecule has 0 radical (unpaired) electrons. The lowest BCUT2D eigenvalue weighted by Gasteiger charge is -2.26. The summed E-state index contributed by atoms with van der Waals surface area (Å²) in [6.07, 6.45) is 4.83. The predicted octanol–water partition coefficient (Wildman–Crippen LogP) is 3.59. The van der Waals surface area contributed by atoms with Crippen LogP contribution < -0.4 is 25.6 Å². The van der Waals surface area contributed by atoms with Crippen LogP contribution in [0.15, 0.2) is 43.2 Å². The monoisotopic (exact) mass is 521 g/mol. The molecule has 1 aromatic carbocycles. The van der Waals surface area contributed by atoms with Crippen molar-refractivity contribution in [1.82, 2.24) is 19.9 Å². The lowest BCUT2D eigenvalue weighted by atomic mass is 10.1. The zero-order valence-corrected chi connectivity index (χ0v) is 22.1. The summed E-state index contributed by atoms with van der Waals surface area (Å²) in [5.74, 6) is 0.0425. The molecular weight excluding hydrogens is 489 g/mol. The lowest BCUT2D eigenvalue weighted by molar-refractivity contribution is -0.111. The maximum absolute atomic E-state index is 14.7. The fraction of sp³-hybridized carbons (Fsp3) is 0.269. The zero-order chi connectivity index (χ0) is 27.8. The smallest absolute Gasteiger partial charge is 0.247 e. The first-order valence-corrected chi connectivity index (χ1v) is 11.7. The van der Waals surface area contributed by atoms with Crippen molar-refractivity contribution < 1.29 is 13.9 Å². The minimum Gasteiger partial charge on any atom is -0.494 e. The van der Waals surface area contributed by atoms with Crippen LogP contribution in [0, 0.1) is 11.2 Å². The Morgan fingerprint density at radius 3 is 2.55 bits per heavy atom. The van der Waals surface area contributed by atoms with Crippen molar-refractivity contribution in [3.05, 3.63) is 54.6 Å². The number of methoxy groups -OCH3 is 1. The maximum Gasteiger partial charge on any atom is 0.247 e. The van der Waals surface area contributed by atoms with Crippen LogP contribution >= 0.6 is 0 Å². The third-order valence-corrected chi connectivity index (χ3v) is 5.63. The highest BCUT2D eigenvalue weighted by atomic mass is 19.1. The van der Waals surface area contributed by atoms with Crippen LogP contribution in [0.25, 0.3) is 11.3 Å². The van der Waals surface area contributed by atoms with Crippen LogP contribution in [0.5, 0.6) is 5.75 Å². The molecule has 0 aliphatic rings. The SMILES string of the molecule is C=CC(=O)Nc1cc(Nc2ncc(F)c(-c3cnc(NC)c(C=N)c3)n2)c(OC)cc1N(C)CCN(C)C. The lowest BCUT2D eigenvalue weighted by Crippen LogP contribution is -2.29. The van der Waals surface area contributed by atoms with Gasteiger partial charge < -0.3 is 35.9 Å². The number of hydrogen-bond donors (Lipinski definition) is 4. The van der Waals surface area contributed by atoms with E-state index in [4.69, 9.17) is 10.1 Å². The third-order valence-electron chi connectivity index (χ3n) is 5.63. The van der Waals surface area contributed by atoms with Crippen molar-refractivity contribution in [3.8, 4) is 17.0 Å². The average molecular weight is 522 g/mol. The summed E-state index contributed by atoms with van der Waals surface area (Å²) in [4.78, 5) is 28.9. The van der Waals surface area contributed by atoms with E-state index in [0.29, 0.717) is 40.6 Å². The second kappa shape index (κ2) is 12.6. The zero-order valence-electron chi connectivity index (χ0n) is 22.1. The summed E-state index contributed by atoms with van der Waals surface area (Å²) in [6.45, 7) is 5.03. The van der Waals surface area contributed by atoms with Crippen molar-refractivity contribution in [2.45, 2.75) is 0 Å². The van der Waals surface area contributed by atoms with Crippen LogP contribution in [0.3, 0.4) is 0 Å². The van der Waals surface area contributed by atoms with Crippen LogP contribution in [0.2, 0.25) is 0 Å². The van der Waals surface area contributed by atoms with E-state index in [0.717, 1.165) is 24.6 Å². The summed E-state index contributed by atoms with van der Waals surface area (Å²) in [6, 6.07) is 5.10. The molecule has 3 rings (SSSR count). The van der Waals surface area contributed by atoms with Gasteiger partial charge in [0, 0.05) is 56.8 Å². The molecule has 0 bridgehead atoms. The number of ether oxygens (including phenoxy) is 1. The van der Waals surface area contributed by atoms with Gasteiger partial charge in [0.1, 0.15) is 17.3 Å². The highest BCUT2D eigenvalue weighted by Gasteiger charge is 2.18. The van der Waals surface area contributed by atoms with Gasteiger partial charge in [-0.2, -0.15) is 0 Å². The van der Waals surface area contributed by atoms with E-state index in [1.54, 1.807) is 25.2 Å². The van der Waals surface area contributed by atoms with Gasteiger partial charge >= 0.3 is 0 Å². The molecule has 0 saturated heterocycles. The number of anilines is 5. The molecule has 1 amide bonds. The highest BCUT2D eigenvalue weighted by molar-refractivity contribution is 6.02. The molecule has 0 unspecified atom stereocenters. The van der Waals surface area contributed by atoms with Crippen LogP contribution in [0.1, 0.15) is 5.56 Å². The number of carbonyl (C=O) groups is 1. The highest BCUT2D eigenvalue weighted by Crippen LogP contribution is 2.38.